The smallest absolute Gasteiger partial charge is 0.244 e. The third kappa shape index (κ3) is 1.53. The molecule has 0 N–H and O–H groups in total. The summed E-state index contributed by atoms with van der Waals surface area (Å²) in [4.78, 5) is 11.6. The Morgan fingerprint density at radius 2 is 2.33 bits per heavy atom. The zero-order valence-electron chi connectivity index (χ0n) is 9.01. The second kappa shape index (κ2) is 3.42. The van der Waals surface area contributed by atoms with Crippen LogP contribution < -0.4 is 5.69 Å². The van der Waals surface area contributed by atoms with Gasteiger partial charge in [0.25, 0.3) is 0 Å². The Hall–Kier alpha value is -2.35. The van der Waals surface area contributed by atoms with Gasteiger partial charge in [-0.15, -0.1) is 6.42 Å². The highest BCUT2D eigenvalue weighted by atomic mass is 16.2. The predicted molar refractivity (Wildman–Crippen MR) is 54.5 cm³/mol. The second-order valence-corrected chi connectivity index (χ2v) is 2.89. The van der Waals surface area contributed by atoms with Crippen molar-refractivity contribution in [3.8, 4) is 18.0 Å². The lowest BCUT2D eigenvalue weighted by atomic mass is 10.2. The summed E-state index contributed by atoms with van der Waals surface area (Å²) in [5.74, 6) is 2.37. The average molecular weight is 202 g/mol. The van der Waals surface area contributed by atoms with Gasteiger partial charge in [0, 0.05) is 12.6 Å². The lowest BCUT2D eigenvalue weighted by Gasteiger charge is -1.97. The molecule has 0 amide bonds. The lowest BCUT2D eigenvalue weighted by molar-refractivity contribution is 0.693. The van der Waals surface area contributed by atoms with Crippen molar-refractivity contribution in [2.24, 2.45) is 7.05 Å². The highest BCUT2D eigenvalue weighted by molar-refractivity contribution is 5.41. The number of aryl methyl sites for hydroxylation is 1. The van der Waals surface area contributed by atoms with E-state index >= 15 is 0 Å². The van der Waals surface area contributed by atoms with Gasteiger partial charge in [0.2, 0.25) is 0 Å². The van der Waals surface area contributed by atoms with E-state index in [1.807, 2.05) is 0 Å². The van der Waals surface area contributed by atoms with E-state index in [0.717, 1.165) is 9.36 Å². The topological polar surface area (TPSA) is 52.7 Å². The molecular weight excluding hydrogens is 192 g/mol. The van der Waals surface area contributed by atoms with Gasteiger partial charge in [0.15, 0.2) is 0 Å². The van der Waals surface area contributed by atoms with Crippen LogP contribution in [-0.2, 0) is 7.05 Å². The van der Waals surface area contributed by atoms with Gasteiger partial charge in [0.1, 0.15) is 0 Å². The molecule has 74 valence electrons. The van der Waals surface area contributed by atoms with Crippen LogP contribution >= 0.6 is 0 Å². The third-order valence-corrected chi connectivity index (χ3v) is 1.89. The molecule has 1 heterocycles. The number of benzene rings is 1. The molecule has 0 aliphatic carbocycles. The average Bonchev–Trinajstić information content (AvgIpc) is 2.61. The van der Waals surface area contributed by atoms with Crippen LogP contribution in [0.15, 0.2) is 29.0 Å². The van der Waals surface area contributed by atoms with Gasteiger partial charge in [-0.25, -0.2) is 4.79 Å². The van der Waals surface area contributed by atoms with Crippen LogP contribution in [0, 0.1) is 12.3 Å². The highest BCUT2D eigenvalue weighted by Gasteiger charge is 2.05. The normalized spacial score (nSPS) is 10.8. The van der Waals surface area contributed by atoms with E-state index in [0.29, 0.717) is 11.3 Å². The maximum atomic E-state index is 11.6. The first-order chi connectivity index (χ1) is 7.65. The van der Waals surface area contributed by atoms with Gasteiger partial charge < -0.3 is 0 Å². The molecule has 0 saturated carbocycles. The van der Waals surface area contributed by atoms with Crippen LogP contribution in [0.1, 0.15) is 6.93 Å². The molecule has 15 heavy (non-hydrogen) atoms. The van der Waals surface area contributed by atoms with Crippen molar-refractivity contribution in [2.45, 2.75) is 0 Å². The number of aromatic nitrogens is 4. The molecule has 0 bridgehead atoms. The fourth-order valence-electron chi connectivity index (χ4n) is 1.13. The molecule has 0 fully saturated rings. The Morgan fingerprint density at radius 3 is 2.93 bits per heavy atom. The summed E-state index contributed by atoms with van der Waals surface area (Å²) in [6.45, 7) is 0. The van der Waals surface area contributed by atoms with Gasteiger partial charge in [-0.2, -0.15) is 9.36 Å². The summed E-state index contributed by atoms with van der Waals surface area (Å²) in [5.41, 5.74) is 0.325. The van der Waals surface area contributed by atoms with E-state index in [2.05, 4.69) is 16.3 Å². The molecule has 1 aromatic heterocycles. The van der Waals surface area contributed by atoms with Gasteiger partial charge >= 0.3 is 5.69 Å². The van der Waals surface area contributed by atoms with Gasteiger partial charge in [-0.05, 0) is 28.6 Å². The molecule has 0 radical (unpaired) electrons. The van der Waals surface area contributed by atoms with Crippen LogP contribution in [-0.4, -0.2) is 19.8 Å². The summed E-state index contributed by atoms with van der Waals surface area (Å²) in [6.07, 6.45) is 5.24. The minimum Gasteiger partial charge on any atom is -0.244 e. The zero-order valence-corrected chi connectivity index (χ0v) is 8.01. The quantitative estimate of drug-likeness (QED) is 0.609. The molecule has 0 atom stereocenters. The molecule has 2 aromatic rings. The van der Waals surface area contributed by atoms with Crippen molar-refractivity contribution in [3.05, 3.63) is 40.3 Å². The summed E-state index contributed by atoms with van der Waals surface area (Å²) in [6, 6.07) is 4.99. The van der Waals surface area contributed by atoms with Crippen LogP contribution in [0.2, 0.25) is 0 Å². The van der Waals surface area contributed by atoms with E-state index in [-0.39, 0.29) is 6.04 Å². The molecular formula is C10H8N4O. The fraction of sp³-hybridized carbons (Fsp3) is 0.100. The minimum atomic E-state index is -0.414. The van der Waals surface area contributed by atoms with Crippen LogP contribution in [0.4, 0.5) is 0 Å². The third-order valence-electron chi connectivity index (χ3n) is 1.89. The molecule has 0 spiro atoms. The largest absolute Gasteiger partial charge is 0.368 e. The summed E-state index contributed by atoms with van der Waals surface area (Å²) in [5, 5.41) is 7.22. The monoisotopic (exact) mass is 202 g/mol. The molecule has 5 heteroatoms. The van der Waals surface area contributed by atoms with E-state index in [9.17, 15) is 4.79 Å². The Bertz CT molecular complexity index is 635. The lowest BCUT2D eigenvalue weighted by Crippen LogP contribution is -2.21. The number of hydrogen-bond donors (Lipinski definition) is 0. The SMILES string of the molecule is [3H]c1c(C#C)cccc1-n1nnn(C)c1=O. The predicted octanol–water partition coefficient (Wildman–Crippen LogP) is -0.0527. The van der Waals surface area contributed by atoms with E-state index in [4.69, 9.17) is 7.79 Å². The second-order valence-electron chi connectivity index (χ2n) is 2.89. The van der Waals surface area contributed by atoms with Crippen LogP contribution in [0.3, 0.4) is 0 Å². The van der Waals surface area contributed by atoms with Crippen molar-refractivity contribution in [1.29, 1.82) is 0 Å². The van der Waals surface area contributed by atoms with Crippen LogP contribution in [0.5, 0.6) is 0 Å². The molecule has 0 unspecified atom stereocenters. The first-order valence-electron chi connectivity index (χ1n) is 4.70. The molecule has 0 aliphatic rings. The van der Waals surface area contributed by atoms with Crippen molar-refractivity contribution in [3.63, 3.8) is 0 Å². The molecule has 0 saturated heterocycles. The molecule has 1 aromatic carbocycles. The van der Waals surface area contributed by atoms with Crippen molar-refractivity contribution in [2.75, 3.05) is 0 Å². The zero-order chi connectivity index (χ0) is 11.7. The summed E-state index contributed by atoms with van der Waals surface area (Å²) < 4.78 is 9.94. The number of hydrogen-bond acceptors (Lipinski definition) is 3. The summed E-state index contributed by atoms with van der Waals surface area (Å²) >= 11 is 0. The van der Waals surface area contributed by atoms with Crippen molar-refractivity contribution >= 4 is 0 Å². The maximum absolute atomic E-state index is 11.6. The highest BCUT2D eigenvalue weighted by Crippen LogP contribution is 2.05. The fourth-order valence-corrected chi connectivity index (χ4v) is 1.13. The van der Waals surface area contributed by atoms with Crippen molar-refractivity contribution < 1.29 is 1.37 Å². The van der Waals surface area contributed by atoms with Gasteiger partial charge in [-0.3, -0.25) is 0 Å². The Morgan fingerprint density at radius 1 is 1.53 bits per heavy atom. The Balaban J connectivity index is 2.71. The van der Waals surface area contributed by atoms with E-state index in [1.165, 1.54) is 7.05 Å². The number of nitrogens with zero attached hydrogens (tertiary/aromatic N) is 4. The van der Waals surface area contributed by atoms with E-state index < -0.39 is 5.69 Å². The number of tetrazole rings is 1. The van der Waals surface area contributed by atoms with Gasteiger partial charge in [-0.1, -0.05) is 12.0 Å². The first-order valence-corrected chi connectivity index (χ1v) is 4.20. The minimum absolute atomic E-state index is 0.0904. The summed E-state index contributed by atoms with van der Waals surface area (Å²) in [7, 11) is 1.49. The van der Waals surface area contributed by atoms with Crippen LogP contribution in [0.25, 0.3) is 5.69 Å². The number of terminal acetylenes is 1. The standard InChI is InChI=1S/C10H8N4O/c1-3-8-5-4-6-9(7-8)14-10(15)13(2)11-12-14/h1,4-7H,2H3/i7T. The molecule has 0 aliphatic heterocycles. The van der Waals surface area contributed by atoms with Gasteiger partial charge in [0.05, 0.1) is 7.06 Å². The van der Waals surface area contributed by atoms with Crippen molar-refractivity contribution in [1.82, 2.24) is 19.8 Å². The Labute approximate surface area is 87.3 Å². The first kappa shape index (κ1) is 8.00. The number of rotatable bonds is 1. The molecule has 2 rings (SSSR count). The van der Waals surface area contributed by atoms with E-state index in [1.54, 1.807) is 18.2 Å². The Kier molecular flexibility index (Phi) is 1.83. The maximum Gasteiger partial charge on any atom is 0.368 e. The molecule has 5 nitrogen and oxygen atoms in total.